The summed E-state index contributed by atoms with van der Waals surface area (Å²) in [5, 5.41) is -0.600. The zero-order chi connectivity index (χ0) is 15.8. The smallest absolute Gasteiger partial charge is 0.152 e. The topological polar surface area (TPSA) is 69.4 Å². The predicted octanol–water partition coefficient (Wildman–Crippen LogP) is 1.81. The van der Waals surface area contributed by atoms with E-state index in [0.29, 0.717) is 6.61 Å². The molecule has 0 amide bonds. The monoisotopic (exact) mass is 327 g/mol. The number of aryl methyl sites for hydroxylation is 1. The number of ether oxygens (including phenoxy) is 1. The molecule has 0 saturated heterocycles. The molecule has 1 aromatic rings. The second-order valence-corrected chi connectivity index (χ2v) is 8.29. The van der Waals surface area contributed by atoms with E-state index in [9.17, 15) is 8.42 Å². The van der Waals surface area contributed by atoms with Gasteiger partial charge in [0.25, 0.3) is 0 Å². The molecule has 1 aromatic carbocycles. The summed E-state index contributed by atoms with van der Waals surface area (Å²) in [6, 6.07) is 7.84. The highest BCUT2D eigenvalue weighted by molar-refractivity contribution is 7.92. The van der Waals surface area contributed by atoms with Crippen molar-refractivity contribution in [1.29, 1.82) is 0 Å². The lowest BCUT2D eigenvalue weighted by molar-refractivity contribution is 0.121. The Kier molecular flexibility index (Phi) is 4.42. The van der Waals surface area contributed by atoms with E-state index in [0.717, 1.165) is 11.1 Å². The summed E-state index contributed by atoms with van der Waals surface area (Å²) < 4.78 is 29.8. The highest BCUT2D eigenvalue weighted by Gasteiger charge is 2.71. The van der Waals surface area contributed by atoms with Gasteiger partial charge in [0.15, 0.2) is 9.84 Å². The molecule has 0 heterocycles. The van der Waals surface area contributed by atoms with Crippen molar-refractivity contribution in [3.05, 3.63) is 35.4 Å². The first-order valence-electron chi connectivity index (χ1n) is 6.88. The molecule has 6 heteroatoms. The first-order chi connectivity index (χ1) is 9.75. The van der Waals surface area contributed by atoms with E-state index in [2.05, 4.69) is 0 Å². The molecule has 0 radical (unpaired) electrons. The third-order valence-corrected chi connectivity index (χ3v) is 6.15. The van der Waals surface area contributed by atoms with Crippen molar-refractivity contribution < 1.29 is 13.2 Å². The SMILES string of the molecule is CCOC[C@@]1(C(N)=S)[C@H](c2ccc(C)cc2)[C@@H]1S(C)(=O)=O. The van der Waals surface area contributed by atoms with Crippen molar-refractivity contribution in [3.63, 3.8) is 0 Å². The van der Waals surface area contributed by atoms with Crippen molar-refractivity contribution in [2.24, 2.45) is 11.1 Å². The van der Waals surface area contributed by atoms with Gasteiger partial charge >= 0.3 is 0 Å². The molecule has 116 valence electrons. The molecule has 0 spiro atoms. The van der Waals surface area contributed by atoms with Gasteiger partial charge in [-0.2, -0.15) is 0 Å². The number of thiocarbonyl (C=S) groups is 1. The van der Waals surface area contributed by atoms with E-state index < -0.39 is 20.5 Å². The third kappa shape index (κ3) is 2.84. The molecule has 2 rings (SSSR count). The van der Waals surface area contributed by atoms with Crippen LogP contribution in [0.1, 0.15) is 24.0 Å². The molecular formula is C15H21NO3S2. The summed E-state index contributed by atoms with van der Waals surface area (Å²) in [6.45, 7) is 4.61. The summed E-state index contributed by atoms with van der Waals surface area (Å²) >= 11 is 5.19. The lowest BCUT2D eigenvalue weighted by atomic mass is 9.99. The predicted molar refractivity (Wildman–Crippen MR) is 88.3 cm³/mol. The van der Waals surface area contributed by atoms with Crippen LogP contribution in [0.3, 0.4) is 0 Å². The third-order valence-electron chi connectivity index (χ3n) is 4.16. The van der Waals surface area contributed by atoms with Crippen molar-refractivity contribution >= 4 is 27.0 Å². The summed E-state index contributed by atoms with van der Waals surface area (Å²) in [4.78, 5) is 0.219. The van der Waals surface area contributed by atoms with Crippen LogP contribution in [0.15, 0.2) is 24.3 Å². The van der Waals surface area contributed by atoms with E-state index in [4.69, 9.17) is 22.7 Å². The maximum Gasteiger partial charge on any atom is 0.152 e. The van der Waals surface area contributed by atoms with E-state index in [1.807, 2.05) is 38.1 Å². The molecule has 1 aliphatic carbocycles. The second-order valence-electron chi connectivity index (χ2n) is 5.68. The van der Waals surface area contributed by atoms with Crippen molar-refractivity contribution in [1.82, 2.24) is 0 Å². The van der Waals surface area contributed by atoms with Crippen LogP contribution in [0.25, 0.3) is 0 Å². The molecule has 1 aliphatic rings. The Morgan fingerprint density at radius 3 is 2.38 bits per heavy atom. The molecule has 21 heavy (non-hydrogen) atoms. The molecule has 3 atom stereocenters. The Hall–Kier alpha value is -0.980. The normalized spacial score (nSPS) is 28.3. The molecule has 4 nitrogen and oxygen atoms in total. The standard InChI is InChI=1S/C15H21NO3S2/c1-4-19-9-15(14(16)20)12(13(15)21(3,17)18)11-7-5-10(2)6-8-11/h5-8,12-13H,4,9H2,1-3H3,(H2,16,20)/t12-,13+,15-/m1/s1. The number of hydrogen-bond acceptors (Lipinski definition) is 4. The van der Waals surface area contributed by atoms with Crippen LogP contribution in [0.5, 0.6) is 0 Å². The van der Waals surface area contributed by atoms with Gasteiger partial charge in [0.2, 0.25) is 0 Å². The van der Waals surface area contributed by atoms with E-state index in [1.54, 1.807) is 0 Å². The minimum Gasteiger partial charge on any atom is -0.393 e. The minimum atomic E-state index is -3.27. The highest BCUT2D eigenvalue weighted by atomic mass is 32.2. The maximum atomic E-state index is 12.2. The number of sulfone groups is 1. The number of benzene rings is 1. The fourth-order valence-corrected chi connectivity index (χ4v) is 5.40. The Bertz CT molecular complexity index is 639. The van der Waals surface area contributed by atoms with Crippen LogP contribution >= 0.6 is 12.2 Å². The zero-order valence-corrected chi connectivity index (χ0v) is 14.1. The van der Waals surface area contributed by atoms with Gasteiger partial charge in [-0.15, -0.1) is 0 Å². The van der Waals surface area contributed by atoms with E-state index in [-0.39, 0.29) is 17.5 Å². The van der Waals surface area contributed by atoms with Gasteiger partial charge in [0.1, 0.15) is 0 Å². The van der Waals surface area contributed by atoms with Gasteiger partial charge in [0.05, 0.1) is 22.3 Å². The minimum absolute atomic E-state index is 0.219. The second kappa shape index (κ2) is 5.66. The van der Waals surface area contributed by atoms with E-state index in [1.165, 1.54) is 6.26 Å². The highest BCUT2D eigenvalue weighted by Crippen LogP contribution is 2.63. The number of nitrogens with two attached hydrogens (primary N) is 1. The van der Waals surface area contributed by atoms with Crippen LogP contribution < -0.4 is 5.73 Å². The van der Waals surface area contributed by atoms with Crippen molar-refractivity contribution in [2.45, 2.75) is 25.0 Å². The Labute approximate surface area is 131 Å². The Morgan fingerprint density at radius 1 is 1.38 bits per heavy atom. The van der Waals surface area contributed by atoms with Gasteiger partial charge in [-0.1, -0.05) is 42.0 Å². The van der Waals surface area contributed by atoms with Crippen molar-refractivity contribution in [3.8, 4) is 0 Å². The molecule has 0 bridgehead atoms. The zero-order valence-electron chi connectivity index (χ0n) is 12.5. The first-order valence-corrected chi connectivity index (χ1v) is 9.24. The first kappa shape index (κ1) is 16.4. The molecule has 0 aliphatic heterocycles. The van der Waals surface area contributed by atoms with Crippen LogP contribution in [-0.2, 0) is 14.6 Å². The molecular weight excluding hydrogens is 306 g/mol. The van der Waals surface area contributed by atoms with Crippen LogP contribution in [0.4, 0.5) is 0 Å². The average molecular weight is 327 g/mol. The largest absolute Gasteiger partial charge is 0.393 e. The van der Waals surface area contributed by atoms with Gasteiger partial charge in [0, 0.05) is 18.8 Å². The Morgan fingerprint density at radius 2 is 1.95 bits per heavy atom. The van der Waals surface area contributed by atoms with Crippen LogP contribution in [0, 0.1) is 12.3 Å². The Balaban J connectivity index is 2.46. The average Bonchev–Trinajstić information content (AvgIpc) is 3.08. The lowest BCUT2D eigenvalue weighted by Crippen LogP contribution is -2.33. The quantitative estimate of drug-likeness (QED) is 0.807. The molecule has 1 fully saturated rings. The summed E-state index contributed by atoms with van der Waals surface area (Å²) in [6.07, 6.45) is 1.24. The van der Waals surface area contributed by atoms with Gasteiger partial charge < -0.3 is 10.5 Å². The summed E-state index contributed by atoms with van der Waals surface area (Å²) in [5.41, 5.74) is 7.20. The lowest BCUT2D eigenvalue weighted by Gasteiger charge is -2.16. The summed E-state index contributed by atoms with van der Waals surface area (Å²) in [7, 11) is -3.27. The molecule has 0 unspecified atom stereocenters. The maximum absolute atomic E-state index is 12.2. The fraction of sp³-hybridized carbons (Fsp3) is 0.533. The summed E-state index contributed by atoms with van der Waals surface area (Å²) in [5.74, 6) is -0.225. The van der Waals surface area contributed by atoms with E-state index >= 15 is 0 Å². The fourth-order valence-electron chi connectivity index (χ4n) is 3.09. The van der Waals surface area contributed by atoms with Gasteiger partial charge in [-0.25, -0.2) is 8.42 Å². The van der Waals surface area contributed by atoms with Crippen molar-refractivity contribution in [2.75, 3.05) is 19.5 Å². The molecule has 1 saturated carbocycles. The number of rotatable bonds is 6. The van der Waals surface area contributed by atoms with Crippen LogP contribution in [0.2, 0.25) is 0 Å². The van der Waals surface area contributed by atoms with Crippen LogP contribution in [-0.4, -0.2) is 38.1 Å². The molecule has 0 aromatic heterocycles. The number of hydrogen-bond donors (Lipinski definition) is 1. The molecule has 2 N–H and O–H groups in total. The van der Waals surface area contributed by atoms with Gasteiger partial charge in [-0.3, -0.25) is 0 Å². The van der Waals surface area contributed by atoms with Gasteiger partial charge in [-0.05, 0) is 19.4 Å².